The van der Waals surface area contributed by atoms with Crippen molar-refractivity contribution < 1.29 is 0 Å². The summed E-state index contributed by atoms with van der Waals surface area (Å²) in [6.45, 7) is 0. The molecule has 0 radical (unpaired) electrons. The molecule has 332 valence electrons. The number of para-hydroxylation sites is 1. The van der Waals surface area contributed by atoms with Gasteiger partial charge in [-0.2, -0.15) is 0 Å². The maximum Gasteiger partial charge on any atom is 0.0714 e. The average Bonchev–Trinajstić information content (AvgIpc) is 3.96. The average molecular weight is 903 g/mol. The van der Waals surface area contributed by atoms with E-state index in [-0.39, 0.29) is 0 Å². The second-order valence-electron chi connectivity index (χ2n) is 18.8. The van der Waals surface area contributed by atoms with Crippen LogP contribution in [0.15, 0.2) is 279 Å². The highest BCUT2D eigenvalue weighted by Crippen LogP contribution is 2.57. The molecule has 0 bridgehead atoms. The fourth-order valence-corrected chi connectivity index (χ4v) is 12.0. The first kappa shape index (κ1) is 40.8. The van der Waals surface area contributed by atoms with Gasteiger partial charge in [-0.3, -0.25) is 0 Å². The van der Waals surface area contributed by atoms with Crippen LogP contribution in [0.5, 0.6) is 0 Å². The molecule has 1 aliphatic carbocycles. The van der Waals surface area contributed by atoms with E-state index in [0.717, 1.165) is 22.6 Å². The Hall–Kier alpha value is -9.24. The number of rotatable bonds is 8. The molecule has 0 saturated heterocycles. The molecule has 0 N–H and O–H groups in total. The summed E-state index contributed by atoms with van der Waals surface area (Å²) in [7, 11) is 0. The van der Waals surface area contributed by atoms with Gasteiger partial charge in [-0.15, -0.1) is 0 Å². The lowest BCUT2D eigenvalue weighted by Gasteiger charge is -2.35. The van der Waals surface area contributed by atoms with Crippen molar-refractivity contribution >= 4 is 55.0 Å². The topological polar surface area (TPSA) is 7.65 Å². The molecule has 0 amide bonds. The Morgan fingerprint density at radius 3 is 1.58 bits per heavy atom. The van der Waals surface area contributed by atoms with Gasteiger partial charge in [-0.1, -0.05) is 218 Å². The summed E-state index contributed by atoms with van der Waals surface area (Å²) in [5.74, 6) is 0. The van der Waals surface area contributed by atoms with Crippen LogP contribution in [-0.4, -0.2) is 4.40 Å². The quantitative estimate of drug-likeness (QED) is 0.138. The molecule has 0 aliphatic heterocycles. The van der Waals surface area contributed by atoms with Gasteiger partial charge >= 0.3 is 0 Å². The van der Waals surface area contributed by atoms with E-state index in [2.05, 4.69) is 288 Å². The van der Waals surface area contributed by atoms with Crippen LogP contribution < -0.4 is 4.90 Å². The second-order valence-corrected chi connectivity index (χ2v) is 18.8. The monoisotopic (exact) mass is 902 g/mol. The molecule has 13 aromatic rings. The van der Waals surface area contributed by atoms with Crippen LogP contribution in [0.3, 0.4) is 0 Å². The summed E-state index contributed by atoms with van der Waals surface area (Å²) in [4.78, 5) is 2.41. The summed E-state index contributed by atoms with van der Waals surface area (Å²) in [5.41, 5.74) is 20.1. The Morgan fingerprint density at radius 2 is 0.845 bits per heavy atom. The summed E-state index contributed by atoms with van der Waals surface area (Å²) in [6, 6.07) is 100. The van der Waals surface area contributed by atoms with Gasteiger partial charge in [0.1, 0.15) is 0 Å². The zero-order chi connectivity index (χ0) is 46.9. The van der Waals surface area contributed by atoms with Gasteiger partial charge in [0, 0.05) is 39.6 Å². The Morgan fingerprint density at radius 1 is 0.310 bits per heavy atom. The minimum Gasteiger partial charge on any atom is -0.315 e. The Balaban J connectivity index is 0.881. The number of pyridine rings is 1. The molecule has 71 heavy (non-hydrogen) atoms. The van der Waals surface area contributed by atoms with Crippen LogP contribution in [0.2, 0.25) is 0 Å². The van der Waals surface area contributed by atoms with Crippen LogP contribution in [0.1, 0.15) is 22.3 Å². The Bertz CT molecular complexity index is 4100. The van der Waals surface area contributed by atoms with Crippen molar-refractivity contribution in [1.82, 2.24) is 4.40 Å². The second kappa shape index (κ2) is 16.5. The van der Waals surface area contributed by atoms with Crippen LogP contribution in [0.4, 0.5) is 17.1 Å². The van der Waals surface area contributed by atoms with Crippen LogP contribution in [-0.2, 0) is 5.41 Å². The van der Waals surface area contributed by atoms with Gasteiger partial charge in [0.15, 0.2) is 0 Å². The van der Waals surface area contributed by atoms with Crippen molar-refractivity contribution in [1.29, 1.82) is 0 Å². The first-order chi connectivity index (χ1) is 35.2. The van der Waals surface area contributed by atoms with Gasteiger partial charge in [0.2, 0.25) is 0 Å². The molecule has 1 aliphatic rings. The van der Waals surface area contributed by atoms with Gasteiger partial charge in [0.25, 0.3) is 0 Å². The van der Waals surface area contributed by atoms with Crippen LogP contribution in [0, 0.1) is 0 Å². The SMILES string of the molecule is c1ccc(-c2c3c4ccccc4c4ccc(-c5ccc(-c6cccc(N(c7ccccc7)c7ccc8c(c7)C(c7ccccc7)(c7ccccc7)c7ccccc7-8)c6)cc5)cc4c3n3ccccc23)cc1. The molecule has 11 aromatic carbocycles. The van der Waals surface area contributed by atoms with Crippen LogP contribution in [0.25, 0.3) is 82.5 Å². The molecule has 0 spiro atoms. The van der Waals surface area contributed by atoms with Crippen molar-refractivity contribution in [3.63, 3.8) is 0 Å². The largest absolute Gasteiger partial charge is 0.315 e. The lowest BCUT2D eigenvalue weighted by Crippen LogP contribution is -2.28. The fraction of sp³-hybridized carbons (Fsp3) is 0.0145. The summed E-state index contributed by atoms with van der Waals surface area (Å²) < 4.78 is 2.40. The normalized spacial score (nSPS) is 12.6. The third-order valence-corrected chi connectivity index (χ3v) is 15.0. The van der Waals surface area contributed by atoms with Gasteiger partial charge in [0.05, 0.1) is 16.4 Å². The van der Waals surface area contributed by atoms with Crippen molar-refractivity contribution in [3.05, 3.63) is 301 Å². The molecule has 0 saturated carbocycles. The lowest BCUT2D eigenvalue weighted by molar-refractivity contribution is 0.768. The molecule has 2 heteroatoms. The van der Waals surface area contributed by atoms with Gasteiger partial charge in [-0.05, 0) is 132 Å². The van der Waals surface area contributed by atoms with E-state index >= 15 is 0 Å². The number of fused-ring (bicyclic) bond motifs is 11. The molecule has 2 heterocycles. The third-order valence-electron chi connectivity index (χ3n) is 15.0. The minimum atomic E-state index is -0.498. The first-order valence-electron chi connectivity index (χ1n) is 24.6. The predicted molar refractivity (Wildman–Crippen MR) is 298 cm³/mol. The molecule has 0 atom stereocenters. The summed E-state index contributed by atoms with van der Waals surface area (Å²) in [6.07, 6.45) is 2.22. The number of hydrogen-bond acceptors (Lipinski definition) is 1. The standard InChI is InChI=1S/C69H46N2/c1-5-20-49(21-6-1)66-65-34-17-18-43-70(65)68-62-45-51(39-41-58(62)57-30-13-14-32-61(57)67(66)68)48-37-35-47(36-38-48)50-22-19-29-55(44-50)71(54-27-11-4-12-28-54)56-40-42-60-59-31-15-16-33-63(59)69(64(60)46-56,52-23-7-2-8-24-52)53-25-9-3-10-26-53/h1-46H. The van der Waals surface area contributed by atoms with Crippen molar-refractivity contribution in [2.45, 2.75) is 5.41 Å². The molecular formula is C69H46N2. The van der Waals surface area contributed by atoms with E-state index < -0.39 is 5.41 Å². The highest BCUT2D eigenvalue weighted by Gasteiger charge is 2.46. The van der Waals surface area contributed by atoms with Crippen LogP contribution >= 0.6 is 0 Å². The maximum atomic E-state index is 2.45. The zero-order valence-electron chi connectivity index (χ0n) is 39.0. The van der Waals surface area contributed by atoms with E-state index in [1.807, 2.05) is 0 Å². The first-order valence-corrected chi connectivity index (χ1v) is 24.6. The molecule has 2 aromatic heterocycles. The minimum absolute atomic E-state index is 0.498. The smallest absolute Gasteiger partial charge is 0.0714 e. The number of anilines is 3. The molecular weight excluding hydrogens is 857 g/mol. The highest BCUT2D eigenvalue weighted by molar-refractivity contribution is 6.30. The van der Waals surface area contributed by atoms with E-state index in [1.54, 1.807) is 0 Å². The van der Waals surface area contributed by atoms with Crippen molar-refractivity contribution in [3.8, 4) is 44.5 Å². The number of hydrogen-bond donors (Lipinski definition) is 0. The number of aromatic nitrogens is 1. The highest BCUT2D eigenvalue weighted by atomic mass is 15.1. The zero-order valence-corrected chi connectivity index (χ0v) is 39.0. The molecule has 14 rings (SSSR count). The van der Waals surface area contributed by atoms with Gasteiger partial charge < -0.3 is 9.30 Å². The Kier molecular flexibility index (Phi) is 9.47. The molecule has 2 nitrogen and oxygen atoms in total. The number of nitrogens with zero attached hydrogens (tertiary/aromatic N) is 2. The Labute approximate surface area is 413 Å². The van der Waals surface area contributed by atoms with E-state index in [4.69, 9.17) is 0 Å². The summed E-state index contributed by atoms with van der Waals surface area (Å²) in [5, 5.41) is 6.34. The number of benzene rings is 11. The van der Waals surface area contributed by atoms with Gasteiger partial charge in [-0.25, -0.2) is 0 Å². The van der Waals surface area contributed by atoms with E-state index in [0.29, 0.717) is 0 Å². The molecule has 0 unspecified atom stereocenters. The fourth-order valence-electron chi connectivity index (χ4n) is 12.0. The van der Waals surface area contributed by atoms with Crippen molar-refractivity contribution in [2.24, 2.45) is 0 Å². The predicted octanol–water partition coefficient (Wildman–Crippen LogP) is 18.2. The van der Waals surface area contributed by atoms with Crippen molar-refractivity contribution in [2.75, 3.05) is 4.90 Å². The molecule has 0 fully saturated rings. The summed E-state index contributed by atoms with van der Waals surface area (Å²) >= 11 is 0. The maximum absolute atomic E-state index is 2.45. The van der Waals surface area contributed by atoms with E-state index in [9.17, 15) is 0 Å². The third kappa shape index (κ3) is 6.35. The van der Waals surface area contributed by atoms with E-state index in [1.165, 1.54) is 99.2 Å². The lowest BCUT2D eigenvalue weighted by atomic mass is 9.67.